The van der Waals surface area contributed by atoms with E-state index < -0.39 is 60.2 Å². The number of aliphatic carboxylic acids is 2. The standard InChI is InChI=1S/C23H32N4O8/c1-12(2)19(24)21(32)25-15(11-18(29)30)22(33)27-9-3-4-17(27)20(31)26-16(23(34)35)10-13-5-7-14(28)8-6-13/h5-8,12,15-17,19,28H,3-4,9-11,24H2,1-2H3,(H,25,32)(H,26,31)(H,29,30)(H,34,35). The number of nitrogens with one attached hydrogen (secondary N) is 2. The maximum Gasteiger partial charge on any atom is 0.326 e. The molecule has 192 valence electrons. The lowest BCUT2D eigenvalue weighted by atomic mass is 10.0. The van der Waals surface area contributed by atoms with Gasteiger partial charge in [0.05, 0.1) is 12.5 Å². The summed E-state index contributed by atoms with van der Waals surface area (Å²) in [5, 5.41) is 33.0. The molecule has 0 bridgehead atoms. The lowest BCUT2D eigenvalue weighted by Gasteiger charge is -2.29. The van der Waals surface area contributed by atoms with Crippen LogP contribution < -0.4 is 16.4 Å². The van der Waals surface area contributed by atoms with E-state index in [0.717, 1.165) is 0 Å². The van der Waals surface area contributed by atoms with E-state index in [9.17, 15) is 39.3 Å². The summed E-state index contributed by atoms with van der Waals surface area (Å²) in [5.41, 5.74) is 6.37. The highest BCUT2D eigenvalue weighted by Crippen LogP contribution is 2.20. The van der Waals surface area contributed by atoms with Gasteiger partial charge in [-0.1, -0.05) is 26.0 Å². The second-order valence-corrected chi connectivity index (χ2v) is 8.89. The molecule has 1 saturated heterocycles. The van der Waals surface area contributed by atoms with E-state index >= 15 is 0 Å². The van der Waals surface area contributed by atoms with Crippen LogP contribution in [0.4, 0.5) is 0 Å². The highest BCUT2D eigenvalue weighted by Gasteiger charge is 2.40. The van der Waals surface area contributed by atoms with Crippen LogP contribution in [0.1, 0.15) is 38.7 Å². The van der Waals surface area contributed by atoms with Gasteiger partial charge in [0.2, 0.25) is 17.7 Å². The number of likely N-dealkylation sites (tertiary alicyclic amines) is 1. The molecule has 1 aromatic carbocycles. The molecule has 0 spiro atoms. The van der Waals surface area contributed by atoms with Gasteiger partial charge in [0, 0.05) is 13.0 Å². The summed E-state index contributed by atoms with van der Waals surface area (Å²) in [6.07, 6.45) is -0.0488. The molecule has 1 heterocycles. The predicted molar refractivity (Wildman–Crippen MR) is 123 cm³/mol. The van der Waals surface area contributed by atoms with Gasteiger partial charge in [0.15, 0.2) is 0 Å². The molecule has 4 unspecified atom stereocenters. The molecular weight excluding hydrogens is 460 g/mol. The number of aromatic hydroxyl groups is 1. The van der Waals surface area contributed by atoms with Crippen LogP contribution in [0.15, 0.2) is 24.3 Å². The number of nitrogens with zero attached hydrogens (tertiary/aromatic N) is 1. The Morgan fingerprint density at radius 2 is 1.69 bits per heavy atom. The smallest absolute Gasteiger partial charge is 0.326 e. The van der Waals surface area contributed by atoms with Crippen LogP contribution >= 0.6 is 0 Å². The first-order valence-electron chi connectivity index (χ1n) is 11.3. The van der Waals surface area contributed by atoms with E-state index in [4.69, 9.17) is 5.73 Å². The van der Waals surface area contributed by atoms with Crippen LogP contribution in [0.3, 0.4) is 0 Å². The van der Waals surface area contributed by atoms with Gasteiger partial charge in [-0.2, -0.15) is 0 Å². The Morgan fingerprint density at radius 1 is 1.06 bits per heavy atom. The summed E-state index contributed by atoms with van der Waals surface area (Å²) < 4.78 is 0. The molecule has 0 radical (unpaired) electrons. The van der Waals surface area contributed by atoms with Crippen molar-refractivity contribution in [3.63, 3.8) is 0 Å². The van der Waals surface area contributed by atoms with Crippen molar-refractivity contribution in [2.75, 3.05) is 6.54 Å². The number of carbonyl (C=O) groups is 5. The summed E-state index contributed by atoms with van der Waals surface area (Å²) in [6, 6.07) is 1.18. The van der Waals surface area contributed by atoms with Crippen LogP contribution in [0.5, 0.6) is 5.75 Å². The fourth-order valence-corrected chi connectivity index (χ4v) is 3.78. The van der Waals surface area contributed by atoms with Crippen molar-refractivity contribution in [1.82, 2.24) is 15.5 Å². The number of carboxylic acid groups (broad SMARTS) is 2. The summed E-state index contributed by atoms with van der Waals surface area (Å²) in [6.45, 7) is 3.56. The SMILES string of the molecule is CC(C)C(N)C(=O)NC(CC(=O)O)C(=O)N1CCCC1C(=O)NC(Cc1ccc(O)cc1)C(=O)O. The van der Waals surface area contributed by atoms with E-state index in [2.05, 4.69) is 10.6 Å². The topological polar surface area (TPSA) is 199 Å². The van der Waals surface area contributed by atoms with Crippen molar-refractivity contribution in [2.24, 2.45) is 11.7 Å². The zero-order chi connectivity index (χ0) is 26.3. The molecule has 12 nitrogen and oxygen atoms in total. The van der Waals surface area contributed by atoms with Crippen LogP contribution in [0, 0.1) is 5.92 Å². The van der Waals surface area contributed by atoms with Crippen molar-refractivity contribution < 1.29 is 39.3 Å². The molecule has 1 fully saturated rings. The molecule has 35 heavy (non-hydrogen) atoms. The monoisotopic (exact) mass is 492 g/mol. The number of nitrogens with two attached hydrogens (primary N) is 1. The molecule has 4 atom stereocenters. The highest BCUT2D eigenvalue weighted by molar-refractivity contribution is 5.96. The number of carboxylic acids is 2. The van der Waals surface area contributed by atoms with Crippen molar-refractivity contribution in [1.29, 1.82) is 0 Å². The Kier molecular flexibility index (Phi) is 9.58. The van der Waals surface area contributed by atoms with Crippen molar-refractivity contribution in [2.45, 2.75) is 63.7 Å². The Balaban J connectivity index is 2.14. The van der Waals surface area contributed by atoms with Crippen molar-refractivity contribution in [3.05, 3.63) is 29.8 Å². The fourth-order valence-electron chi connectivity index (χ4n) is 3.78. The third-order valence-electron chi connectivity index (χ3n) is 5.84. The molecule has 7 N–H and O–H groups in total. The number of hydrogen-bond donors (Lipinski definition) is 6. The third-order valence-corrected chi connectivity index (χ3v) is 5.84. The molecule has 1 aliphatic rings. The predicted octanol–water partition coefficient (Wildman–Crippen LogP) is -0.562. The minimum atomic E-state index is -1.43. The lowest BCUT2D eigenvalue weighted by molar-refractivity contribution is -0.147. The largest absolute Gasteiger partial charge is 0.508 e. The zero-order valence-electron chi connectivity index (χ0n) is 19.6. The normalized spacial score (nSPS) is 17.9. The van der Waals surface area contributed by atoms with E-state index in [-0.39, 0.29) is 31.1 Å². The van der Waals surface area contributed by atoms with Crippen molar-refractivity contribution >= 4 is 29.7 Å². The number of rotatable bonds is 11. The first-order valence-corrected chi connectivity index (χ1v) is 11.3. The van der Waals surface area contributed by atoms with Crippen molar-refractivity contribution in [3.8, 4) is 5.75 Å². The maximum atomic E-state index is 13.2. The van der Waals surface area contributed by atoms with Crippen LogP contribution in [0.25, 0.3) is 0 Å². The zero-order valence-corrected chi connectivity index (χ0v) is 19.6. The van der Waals surface area contributed by atoms with Gasteiger partial charge in [0.1, 0.15) is 23.9 Å². The molecule has 1 aromatic rings. The first-order chi connectivity index (χ1) is 16.4. The molecule has 0 aromatic heterocycles. The van der Waals surface area contributed by atoms with Gasteiger partial charge in [-0.05, 0) is 36.5 Å². The van der Waals surface area contributed by atoms with Gasteiger partial charge in [-0.15, -0.1) is 0 Å². The quantitative estimate of drug-likeness (QED) is 0.234. The van der Waals surface area contributed by atoms with Crippen LogP contribution in [0.2, 0.25) is 0 Å². The molecular formula is C23H32N4O8. The molecule has 0 saturated carbocycles. The maximum absolute atomic E-state index is 13.2. The van der Waals surface area contributed by atoms with E-state index in [1.807, 2.05) is 0 Å². The molecule has 1 aliphatic heterocycles. The van der Waals surface area contributed by atoms with Gasteiger partial charge < -0.3 is 36.6 Å². The number of amides is 3. The van der Waals surface area contributed by atoms with E-state index in [1.54, 1.807) is 13.8 Å². The van der Waals surface area contributed by atoms with E-state index in [0.29, 0.717) is 12.0 Å². The first kappa shape index (κ1) is 27.6. The number of hydrogen-bond acceptors (Lipinski definition) is 7. The number of phenolic OH excluding ortho intramolecular Hbond substituents is 1. The number of benzene rings is 1. The number of phenols is 1. The summed E-state index contributed by atoms with van der Waals surface area (Å²) in [4.78, 5) is 62.7. The summed E-state index contributed by atoms with van der Waals surface area (Å²) in [7, 11) is 0. The average molecular weight is 493 g/mol. The minimum Gasteiger partial charge on any atom is -0.508 e. The molecule has 3 amide bonds. The second-order valence-electron chi connectivity index (χ2n) is 8.89. The van der Waals surface area contributed by atoms with Gasteiger partial charge in [-0.3, -0.25) is 19.2 Å². The van der Waals surface area contributed by atoms with Gasteiger partial charge >= 0.3 is 11.9 Å². The summed E-state index contributed by atoms with van der Waals surface area (Å²) in [5.74, 6) is -4.95. The average Bonchev–Trinajstić information content (AvgIpc) is 3.28. The molecule has 12 heteroatoms. The molecule has 2 rings (SSSR count). The second kappa shape index (κ2) is 12.2. The lowest BCUT2D eigenvalue weighted by Crippen LogP contribution is -2.57. The number of carbonyl (C=O) groups excluding carboxylic acids is 3. The van der Waals surface area contributed by atoms with Gasteiger partial charge in [-0.25, -0.2) is 4.79 Å². The Bertz CT molecular complexity index is 949. The summed E-state index contributed by atoms with van der Waals surface area (Å²) >= 11 is 0. The Morgan fingerprint density at radius 3 is 2.23 bits per heavy atom. The highest BCUT2D eigenvalue weighted by atomic mass is 16.4. The van der Waals surface area contributed by atoms with E-state index in [1.165, 1.54) is 29.2 Å². The fraction of sp³-hybridized carbons (Fsp3) is 0.522. The van der Waals surface area contributed by atoms with Crippen LogP contribution in [-0.4, -0.2) is 80.6 Å². The Hall–Kier alpha value is -3.67. The minimum absolute atomic E-state index is 0.0159. The molecule has 0 aliphatic carbocycles. The third kappa shape index (κ3) is 7.67. The Labute approximate surface area is 202 Å². The van der Waals surface area contributed by atoms with Gasteiger partial charge in [0.25, 0.3) is 0 Å². The van der Waals surface area contributed by atoms with Crippen LogP contribution in [-0.2, 0) is 30.4 Å².